The maximum atomic E-state index is 13.1. The van der Waals surface area contributed by atoms with Gasteiger partial charge >= 0.3 is 0 Å². The lowest BCUT2D eigenvalue weighted by Gasteiger charge is -2.26. The van der Waals surface area contributed by atoms with E-state index in [1.165, 1.54) is 12.1 Å². The number of fused-ring (bicyclic) bond motifs is 1. The molecule has 1 aliphatic heterocycles. The van der Waals surface area contributed by atoms with Gasteiger partial charge in [0.1, 0.15) is 5.82 Å². The van der Waals surface area contributed by atoms with Gasteiger partial charge in [0.15, 0.2) is 0 Å². The normalized spacial score (nSPS) is 17.2. The van der Waals surface area contributed by atoms with Crippen molar-refractivity contribution in [2.75, 3.05) is 26.2 Å². The van der Waals surface area contributed by atoms with Crippen molar-refractivity contribution in [2.24, 2.45) is 0 Å². The maximum absolute atomic E-state index is 13.1. The van der Waals surface area contributed by atoms with E-state index in [-0.39, 0.29) is 5.82 Å². The Morgan fingerprint density at radius 1 is 1.17 bits per heavy atom. The third-order valence-corrected chi connectivity index (χ3v) is 3.30. The van der Waals surface area contributed by atoms with Gasteiger partial charge in [0, 0.05) is 38.1 Å². The van der Waals surface area contributed by atoms with E-state index in [0.717, 1.165) is 49.3 Å². The van der Waals surface area contributed by atoms with Crippen molar-refractivity contribution in [3.8, 4) is 0 Å². The number of nitrogens with zero attached hydrogens (tertiary/aromatic N) is 2. The molecule has 0 bridgehead atoms. The Morgan fingerprint density at radius 2 is 2.00 bits per heavy atom. The first-order valence-electron chi connectivity index (χ1n) is 6.29. The summed E-state index contributed by atoms with van der Waals surface area (Å²) < 4.78 is 13.1. The summed E-state index contributed by atoms with van der Waals surface area (Å²) in [5.41, 5.74) is 1.92. The molecule has 1 saturated heterocycles. The van der Waals surface area contributed by atoms with Gasteiger partial charge in [-0.15, -0.1) is 0 Å². The fourth-order valence-corrected chi connectivity index (χ4v) is 2.33. The highest BCUT2D eigenvalue weighted by Crippen LogP contribution is 2.15. The molecule has 3 rings (SSSR count). The van der Waals surface area contributed by atoms with Crippen LogP contribution in [0.15, 0.2) is 30.3 Å². The summed E-state index contributed by atoms with van der Waals surface area (Å²) in [5.74, 6) is -0.209. The molecule has 1 aromatic heterocycles. The zero-order valence-electron chi connectivity index (χ0n) is 10.2. The number of aromatic nitrogens is 1. The van der Waals surface area contributed by atoms with Crippen molar-refractivity contribution in [1.29, 1.82) is 0 Å². The first kappa shape index (κ1) is 11.6. The van der Waals surface area contributed by atoms with E-state index in [2.05, 4.69) is 15.2 Å². The minimum absolute atomic E-state index is 0.209. The molecule has 1 aromatic carbocycles. The number of nitrogens with one attached hydrogen (secondary N) is 1. The molecule has 1 N–H and O–H groups in total. The highest BCUT2D eigenvalue weighted by molar-refractivity contribution is 5.78. The van der Waals surface area contributed by atoms with Crippen LogP contribution in [0.2, 0.25) is 0 Å². The summed E-state index contributed by atoms with van der Waals surface area (Å²) in [7, 11) is 0. The summed E-state index contributed by atoms with van der Waals surface area (Å²) in [6.07, 6.45) is 0. The highest BCUT2D eigenvalue weighted by Gasteiger charge is 2.10. The van der Waals surface area contributed by atoms with Gasteiger partial charge in [-0.25, -0.2) is 4.39 Å². The molecule has 0 saturated carbocycles. The highest BCUT2D eigenvalue weighted by atomic mass is 19.1. The molecule has 1 fully saturated rings. The largest absolute Gasteiger partial charge is 0.314 e. The fourth-order valence-electron chi connectivity index (χ4n) is 2.33. The zero-order chi connectivity index (χ0) is 12.4. The monoisotopic (exact) mass is 245 g/mol. The zero-order valence-corrected chi connectivity index (χ0v) is 10.2. The lowest BCUT2D eigenvalue weighted by molar-refractivity contribution is 0.231. The van der Waals surface area contributed by atoms with Crippen molar-refractivity contribution in [1.82, 2.24) is 15.2 Å². The number of benzene rings is 1. The van der Waals surface area contributed by atoms with Crippen LogP contribution in [0, 0.1) is 5.82 Å². The molecule has 18 heavy (non-hydrogen) atoms. The molecule has 0 atom stereocenters. The van der Waals surface area contributed by atoms with Gasteiger partial charge in [-0.05, 0) is 24.3 Å². The molecule has 1 aliphatic rings. The molecular formula is C14H16FN3. The molecule has 4 heteroatoms. The molecule has 2 heterocycles. The summed E-state index contributed by atoms with van der Waals surface area (Å²) in [6, 6.07) is 8.67. The quantitative estimate of drug-likeness (QED) is 0.874. The standard InChI is InChI=1S/C14H16FN3/c15-12-2-4-14-11(9-12)1-3-13(17-14)10-18-7-5-16-6-8-18/h1-4,9,16H,5-8,10H2. The average Bonchev–Trinajstić information content (AvgIpc) is 2.40. The Bertz CT molecular complexity index is 550. The van der Waals surface area contributed by atoms with Gasteiger partial charge in [-0.2, -0.15) is 0 Å². The van der Waals surface area contributed by atoms with Crippen LogP contribution in [0.1, 0.15) is 5.69 Å². The van der Waals surface area contributed by atoms with Crippen LogP contribution < -0.4 is 5.32 Å². The lowest BCUT2D eigenvalue weighted by atomic mass is 10.2. The van der Waals surface area contributed by atoms with Crippen molar-refractivity contribution in [3.63, 3.8) is 0 Å². The molecule has 0 aliphatic carbocycles. The molecule has 2 aromatic rings. The van der Waals surface area contributed by atoms with E-state index >= 15 is 0 Å². The molecule has 0 amide bonds. The Morgan fingerprint density at radius 3 is 2.83 bits per heavy atom. The molecule has 0 radical (unpaired) electrons. The van der Waals surface area contributed by atoms with Gasteiger partial charge in [-0.3, -0.25) is 9.88 Å². The first-order valence-corrected chi connectivity index (χ1v) is 6.29. The Kier molecular flexibility index (Phi) is 3.21. The van der Waals surface area contributed by atoms with E-state index < -0.39 is 0 Å². The third kappa shape index (κ3) is 2.49. The summed E-state index contributed by atoms with van der Waals surface area (Å²) in [6.45, 7) is 5.07. The van der Waals surface area contributed by atoms with E-state index in [1.54, 1.807) is 6.07 Å². The van der Waals surface area contributed by atoms with Gasteiger partial charge < -0.3 is 5.32 Å². The molecule has 94 valence electrons. The Labute approximate surface area is 106 Å². The number of pyridine rings is 1. The van der Waals surface area contributed by atoms with E-state index in [4.69, 9.17) is 0 Å². The van der Waals surface area contributed by atoms with Crippen LogP contribution in [-0.2, 0) is 6.54 Å². The number of hydrogen-bond donors (Lipinski definition) is 1. The minimum atomic E-state index is -0.209. The van der Waals surface area contributed by atoms with Crippen LogP contribution in [0.4, 0.5) is 4.39 Å². The van der Waals surface area contributed by atoms with Gasteiger partial charge in [0.2, 0.25) is 0 Å². The van der Waals surface area contributed by atoms with Gasteiger partial charge in [0.25, 0.3) is 0 Å². The van der Waals surface area contributed by atoms with Crippen molar-refractivity contribution < 1.29 is 4.39 Å². The average molecular weight is 245 g/mol. The summed E-state index contributed by atoms with van der Waals surface area (Å²) in [4.78, 5) is 6.96. The second-order valence-electron chi connectivity index (χ2n) is 4.67. The van der Waals surface area contributed by atoms with Crippen LogP contribution >= 0.6 is 0 Å². The fraction of sp³-hybridized carbons (Fsp3) is 0.357. The molecule has 0 spiro atoms. The number of rotatable bonds is 2. The predicted octanol–water partition coefficient (Wildman–Crippen LogP) is 1.78. The maximum Gasteiger partial charge on any atom is 0.123 e. The first-order chi connectivity index (χ1) is 8.81. The second-order valence-corrected chi connectivity index (χ2v) is 4.67. The van der Waals surface area contributed by atoms with Crippen LogP contribution in [-0.4, -0.2) is 36.1 Å². The lowest BCUT2D eigenvalue weighted by Crippen LogP contribution is -2.43. The topological polar surface area (TPSA) is 28.2 Å². The van der Waals surface area contributed by atoms with Crippen molar-refractivity contribution in [3.05, 3.63) is 41.8 Å². The van der Waals surface area contributed by atoms with Crippen LogP contribution in [0.5, 0.6) is 0 Å². The smallest absolute Gasteiger partial charge is 0.123 e. The van der Waals surface area contributed by atoms with Crippen LogP contribution in [0.3, 0.4) is 0 Å². The number of hydrogen-bond acceptors (Lipinski definition) is 3. The molecule has 0 unspecified atom stereocenters. The van der Waals surface area contributed by atoms with E-state index in [1.807, 2.05) is 12.1 Å². The third-order valence-electron chi connectivity index (χ3n) is 3.30. The molecular weight excluding hydrogens is 229 g/mol. The van der Waals surface area contributed by atoms with Gasteiger partial charge in [-0.1, -0.05) is 6.07 Å². The van der Waals surface area contributed by atoms with Crippen molar-refractivity contribution in [2.45, 2.75) is 6.54 Å². The number of halogens is 1. The molecule has 3 nitrogen and oxygen atoms in total. The Hall–Kier alpha value is -1.52. The SMILES string of the molecule is Fc1ccc2nc(CN3CCNCC3)ccc2c1. The van der Waals surface area contributed by atoms with Gasteiger partial charge in [0.05, 0.1) is 11.2 Å². The van der Waals surface area contributed by atoms with E-state index in [0.29, 0.717) is 0 Å². The summed E-state index contributed by atoms with van der Waals surface area (Å²) >= 11 is 0. The Balaban J connectivity index is 1.82. The minimum Gasteiger partial charge on any atom is -0.314 e. The van der Waals surface area contributed by atoms with Crippen LogP contribution in [0.25, 0.3) is 10.9 Å². The predicted molar refractivity (Wildman–Crippen MR) is 69.8 cm³/mol. The summed E-state index contributed by atoms with van der Waals surface area (Å²) in [5, 5.41) is 4.19. The number of piperazine rings is 1. The second kappa shape index (κ2) is 5.00. The van der Waals surface area contributed by atoms with E-state index in [9.17, 15) is 4.39 Å². The van der Waals surface area contributed by atoms with Crippen molar-refractivity contribution >= 4 is 10.9 Å².